The molecule has 0 aliphatic carbocycles. The van der Waals surface area contributed by atoms with Crippen molar-refractivity contribution in [3.05, 3.63) is 65.5 Å². The highest BCUT2D eigenvalue weighted by Gasteiger charge is 2.23. The van der Waals surface area contributed by atoms with Gasteiger partial charge >= 0.3 is 0 Å². The average Bonchev–Trinajstić information content (AvgIpc) is 2.41. The molecule has 0 aliphatic rings. The first-order chi connectivity index (χ1) is 9.54. The predicted octanol–water partition coefficient (Wildman–Crippen LogP) is 3.77. The van der Waals surface area contributed by atoms with Crippen LogP contribution in [0.15, 0.2) is 42.5 Å². The largest absolute Gasteiger partial charge is 0.308 e. The van der Waals surface area contributed by atoms with Crippen LogP contribution in [-0.4, -0.2) is 12.5 Å². The SMILES string of the molecule is CCN(C(=O)c1c(F)cccc1F)c1ccc(F)cc1. The van der Waals surface area contributed by atoms with Crippen molar-refractivity contribution in [1.82, 2.24) is 0 Å². The second-order valence-corrected chi connectivity index (χ2v) is 4.12. The third kappa shape index (κ3) is 2.66. The van der Waals surface area contributed by atoms with Gasteiger partial charge in [0.2, 0.25) is 0 Å². The van der Waals surface area contributed by atoms with Crippen molar-refractivity contribution < 1.29 is 18.0 Å². The highest BCUT2D eigenvalue weighted by Crippen LogP contribution is 2.20. The summed E-state index contributed by atoms with van der Waals surface area (Å²) >= 11 is 0. The minimum Gasteiger partial charge on any atom is -0.308 e. The quantitative estimate of drug-likeness (QED) is 0.837. The smallest absolute Gasteiger partial charge is 0.264 e. The van der Waals surface area contributed by atoms with E-state index in [0.717, 1.165) is 12.1 Å². The van der Waals surface area contributed by atoms with E-state index in [0.29, 0.717) is 5.69 Å². The molecule has 2 rings (SSSR count). The molecule has 0 fully saturated rings. The van der Waals surface area contributed by atoms with E-state index in [-0.39, 0.29) is 6.54 Å². The Morgan fingerprint density at radius 2 is 1.55 bits per heavy atom. The van der Waals surface area contributed by atoms with Gasteiger partial charge in [0.15, 0.2) is 0 Å². The number of hydrogen-bond acceptors (Lipinski definition) is 1. The van der Waals surface area contributed by atoms with Gasteiger partial charge in [-0.05, 0) is 43.3 Å². The Bertz CT molecular complexity index is 605. The summed E-state index contributed by atoms with van der Waals surface area (Å²) in [7, 11) is 0. The zero-order valence-electron chi connectivity index (χ0n) is 10.7. The molecule has 2 aromatic rings. The number of anilines is 1. The first kappa shape index (κ1) is 14.1. The lowest BCUT2D eigenvalue weighted by atomic mass is 10.1. The molecule has 20 heavy (non-hydrogen) atoms. The zero-order chi connectivity index (χ0) is 14.7. The van der Waals surface area contributed by atoms with Crippen molar-refractivity contribution >= 4 is 11.6 Å². The molecule has 0 N–H and O–H groups in total. The fourth-order valence-corrected chi connectivity index (χ4v) is 1.90. The van der Waals surface area contributed by atoms with Crippen LogP contribution in [0.5, 0.6) is 0 Å². The summed E-state index contributed by atoms with van der Waals surface area (Å²) in [6.07, 6.45) is 0. The van der Waals surface area contributed by atoms with Gasteiger partial charge in [-0.15, -0.1) is 0 Å². The van der Waals surface area contributed by atoms with E-state index in [4.69, 9.17) is 0 Å². The molecule has 0 unspecified atom stereocenters. The maximum absolute atomic E-state index is 13.6. The molecule has 0 aliphatic heterocycles. The van der Waals surface area contributed by atoms with Gasteiger partial charge in [0.1, 0.15) is 23.0 Å². The number of halogens is 3. The fourth-order valence-electron chi connectivity index (χ4n) is 1.90. The van der Waals surface area contributed by atoms with Crippen molar-refractivity contribution in [2.75, 3.05) is 11.4 Å². The van der Waals surface area contributed by atoms with Crippen molar-refractivity contribution in [1.29, 1.82) is 0 Å². The Hall–Kier alpha value is -2.30. The Labute approximate surface area is 114 Å². The van der Waals surface area contributed by atoms with E-state index in [2.05, 4.69) is 0 Å². The van der Waals surface area contributed by atoms with Crippen LogP contribution in [0.2, 0.25) is 0 Å². The molecule has 2 nitrogen and oxygen atoms in total. The minimum absolute atomic E-state index is 0.207. The van der Waals surface area contributed by atoms with Crippen molar-refractivity contribution in [3.8, 4) is 0 Å². The molecule has 2 aromatic carbocycles. The normalized spacial score (nSPS) is 10.4. The van der Waals surface area contributed by atoms with E-state index in [9.17, 15) is 18.0 Å². The second-order valence-electron chi connectivity index (χ2n) is 4.12. The number of rotatable bonds is 3. The van der Waals surface area contributed by atoms with Crippen LogP contribution in [0.25, 0.3) is 0 Å². The van der Waals surface area contributed by atoms with Gasteiger partial charge in [0, 0.05) is 12.2 Å². The average molecular weight is 279 g/mol. The van der Waals surface area contributed by atoms with Gasteiger partial charge < -0.3 is 4.90 Å². The fraction of sp³-hybridized carbons (Fsp3) is 0.133. The Morgan fingerprint density at radius 3 is 2.05 bits per heavy atom. The molecule has 0 aromatic heterocycles. The molecule has 0 radical (unpaired) electrons. The lowest BCUT2D eigenvalue weighted by molar-refractivity contribution is 0.0980. The highest BCUT2D eigenvalue weighted by molar-refractivity contribution is 6.06. The van der Waals surface area contributed by atoms with Crippen LogP contribution in [0, 0.1) is 17.5 Å². The van der Waals surface area contributed by atoms with Gasteiger partial charge in [-0.2, -0.15) is 0 Å². The third-order valence-electron chi connectivity index (χ3n) is 2.88. The monoisotopic (exact) mass is 279 g/mol. The van der Waals surface area contributed by atoms with Gasteiger partial charge in [0.25, 0.3) is 5.91 Å². The van der Waals surface area contributed by atoms with Crippen LogP contribution < -0.4 is 4.90 Å². The first-order valence-electron chi connectivity index (χ1n) is 6.06. The highest BCUT2D eigenvalue weighted by atomic mass is 19.1. The van der Waals surface area contributed by atoms with E-state index < -0.39 is 28.9 Å². The Balaban J connectivity index is 2.42. The topological polar surface area (TPSA) is 20.3 Å². The number of carbonyl (C=O) groups excluding carboxylic acids is 1. The van der Waals surface area contributed by atoms with Gasteiger partial charge in [-0.3, -0.25) is 4.79 Å². The molecule has 0 saturated carbocycles. The number of carbonyl (C=O) groups is 1. The standard InChI is InChI=1S/C15H12F3NO/c1-2-19(11-8-6-10(16)7-9-11)15(20)14-12(17)4-3-5-13(14)18/h3-9H,2H2,1H3. The van der Waals surface area contributed by atoms with Crippen molar-refractivity contribution in [3.63, 3.8) is 0 Å². The lowest BCUT2D eigenvalue weighted by Crippen LogP contribution is -2.32. The van der Waals surface area contributed by atoms with Gasteiger partial charge in [0.05, 0.1) is 0 Å². The second kappa shape index (κ2) is 5.77. The summed E-state index contributed by atoms with van der Waals surface area (Å²) in [5.41, 5.74) is -0.236. The summed E-state index contributed by atoms with van der Waals surface area (Å²) in [5.74, 6) is -3.09. The van der Waals surface area contributed by atoms with Crippen LogP contribution >= 0.6 is 0 Å². The van der Waals surface area contributed by atoms with Crippen LogP contribution in [0.3, 0.4) is 0 Å². The van der Waals surface area contributed by atoms with E-state index in [1.807, 2.05) is 0 Å². The number of amides is 1. The number of benzene rings is 2. The molecular weight excluding hydrogens is 267 g/mol. The molecular formula is C15H12F3NO. The summed E-state index contributed by atoms with van der Waals surface area (Å²) in [6, 6.07) is 8.37. The van der Waals surface area contributed by atoms with E-state index >= 15 is 0 Å². The minimum atomic E-state index is -0.921. The van der Waals surface area contributed by atoms with Gasteiger partial charge in [-0.25, -0.2) is 13.2 Å². The number of nitrogens with zero attached hydrogens (tertiary/aromatic N) is 1. The summed E-state index contributed by atoms with van der Waals surface area (Å²) in [4.78, 5) is 13.4. The predicted molar refractivity (Wildman–Crippen MR) is 70.1 cm³/mol. The van der Waals surface area contributed by atoms with Crippen LogP contribution in [0.4, 0.5) is 18.9 Å². The summed E-state index contributed by atoms with van der Waals surface area (Å²) in [6.45, 7) is 1.87. The summed E-state index contributed by atoms with van der Waals surface area (Å²) < 4.78 is 40.1. The maximum Gasteiger partial charge on any atom is 0.264 e. The molecule has 104 valence electrons. The van der Waals surface area contributed by atoms with Crippen molar-refractivity contribution in [2.45, 2.75) is 6.92 Å². The molecule has 0 saturated heterocycles. The van der Waals surface area contributed by atoms with E-state index in [1.54, 1.807) is 6.92 Å². The molecule has 1 amide bonds. The van der Waals surface area contributed by atoms with E-state index in [1.165, 1.54) is 35.2 Å². The molecule has 5 heteroatoms. The van der Waals surface area contributed by atoms with Gasteiger partial charge in [-0.1, -0.05) is 6.07 Å². The Morgan fingerprint density at radius 1 is 1.00 bits per heavy atom. The number of hydrogen-bond donors (Lipinski definition) is 0. The van der Waals surface area contributed by atoms with Crippen LogP contribution in [-0.2, 0) is 0 Å². The zero-order valence-corrected chi connectivity index (χ0v) is 10.7. The Kier molecular flexibility index (Phi) is 4.08. The van der Waals surface area contributed by atoms with Crippen LogP contribution in [0.1, 0.15) is 17.3 Å². The molecule has 0 atom stereocenters. The lowest BCUT2D eigenvalue weighted by Gasteiger charge is -2.21. The van der Waals surface area contributed by atoms with Crippen molar-refractivity contribution in [2.24, 2.45) is 0 Å². The first-order valence-corrected chi connectivity index (χ1v) is 6.06. The maximum atomic E-state index is 13.6. The molecule has 0 spiro atoms. The summed E-state index contributed by atoms with van der Waals surface area (Å²) in [5, 5.41) is 0. The third-order valence-corrected chi connectivity index (χ3v) is 2.88. The molecule has 0 bridgehead atoms. The molecule has 0 heterocycles.